The third kappa shape index (κ3) is 31.7. The highest BCUT2D eigenvalue weighted by molar-refractivity contribution is 4.99. The highest BCUT2D eigenvalue weighted by Crippen LogP contribution is 2.61. The molecule has 18 heteroatoms. The van der Waals surface area contributed by atoms with Crippen molar-refractivity contribution in [2.75, 3.05) is 0 Å². The van der Waals surface area contributed by atoms with E-state index in [2.05, 4.69) is 145 Å². The smallest absolute Gasteiger partial charge is 0.171 e. The largest absolute Gasteiger partial charge is 0.403 e. The minimum absolute atomic E-state index is 0.0106. The molecule has 0 heterocycles. The quantitative estimate of drug-likeness (QED) is 0.247. The van der Waals surface area contributed by atoms with Crippen molar-refractivity contribution in [3.63, 3.8) is 0 Å². The first-order chi connectivity index (χ1) is 40.0. The van der Waals surface area contributed by atoms with Gasteiger partial charge in [-0.2, -0.15) is 79.0 Å². The van der Waals surface area contributed by atoms with E-state index in [0.29, 0.717) is 76.9 Å². The number of rotatable bonds is 3. The van der Waals surface area contributed by atoms with Crippen LogP contribution in [0, 0.1) is 120 Å². The van der Waals surface area contributed by atoms with Crippen LogP contribution < -0.4 is 0 Å². The molecule has 0 nitrogen and oxygen atoms in total. The highest BCUT2D eigenvalue weighted by atomic mass is 19.4. The van der Waals surface area contributed by atoms with Crippen LogP contribution in [0.3, 0.4) is 0 Å². The maximum Gasteiger partial charge on any atom is 0.403 e. The predicted molar refractivity (Wildman–Crippen MR) is 351 cm³/mol. The minimum Gasteiger partial charge on any atom is -0.171 e. The van der Waals surface area contributed by atoms with Crippen molar-refractivity contribution in [2.45, 2.75) is 355 Å². The van der Waals surface area contributed by atoms with Crippen LogP contribution >= 0.6 is 0 Å². The van der Waals surface area contributed by atoms with Gasteiger partial charge in [-0.3, -0.25) is 0 Å². The summed E-state index contributed by atoms with van der Waals surface area (Å²) in [5.41, 5.74) is -2.96. The molecule has 8 atom stereocenters. The molecule has 0 N–H and O–H groups in total. The molecule has 4 saturated carbocycles. The van der Waals surface area contributed by atoms with Gasteiger partial charge in [0.05, 0.1) is 23.2 Å². The summed E-state index contributed by atoms with van der Waals surface area (Å²) in [7, 11) is 0. The third-order valence-corrected chi connectivity index (χ3v) is 23.9. The average molecular weight is 1370 g/mol. The Balaban J connectivity index is -0.000000483. The van der Waals surface area contributed by atoms with E-state index < -0.39 is 83.9 Å². The van der Waals surface area contributed by atoms with Gasteiger partial charge in [0.15, 0.2) is 5.41 Å². The summed E-state index contributed by atoms with van der Waals surface area (Å²) in [6.07, 6.45) is -20.3. The second-order valence-corrected chi connectivity index (χ2v) is 36.0. The Bertz CT molecular complexity index is 1920. The molecule has 4 fully saturated rings. The van der Waals surface area contributed by atoms with E-state index in [-0.39, 0.29) is 36.0 Å². The minimum atomic E-state index is -5.20. The molecule has 0 aromatic heterocycles. The van der Waals surface area contributed by atoms with Gasteiger partial charge in [-0.05, 0) is 136 Å². The van der Waals surface area contributed by atoms with Crippen LogP contribution in [0.2, 0.25) is 0 Å². The van der Waals surface area contributed by atoms with Crippen molar-refractivity contribution in [3.8, 4) is 0 Å². The van der Waals surface area contributed by atoms with Crippen molar-refractivity contribution in [1.82, 2.24) is 0 Å². The van der Waals surface area contributed by atoms with Crippen LogP contribution in [-0.2, 0) is 0 Å². The van der Waals surface area contributed by atoms with Crippen LogP contribution in [0.15, 0.2) is 0 Å². The van der Waals surface area contributed by atoms with Gasteiger partial charge < -0.3 is 0 Å². The van der Waals surface area contributed by atoms with E-state index >= 15 is 0 Å². The normalized spacial score (nSPS) is 25.0. The number of hydrogen-bond donors (Lipinski definition) is 0. The zero-order valence-corrected chi connectivity index (χ0v) is 63.8. The van der Waals surface area contributed by atoms with Crippen molar-refractivity contribution in [3.05, 3.63) is 0 Å². The highest BCUT2D eigenvalue weighted by Gasteiger charge is 2.72. The number of alkyl halides is 18. The van der Waals surface area contributed by atoms with Crippen LogP contribution in [0.4, 0.5) is 79.0 Å². The second-order valence-electron chi connectivity index (χ2n) is 36.0. The zero-order valence-electron chi connectivity index (χ0n) is 63.8. The topological polar surface area (TPSA) is 0 Å². The maximum atomic E-state index is 12.6. The van der Waals surface area contributed by atoms with Gasteiger partial charge in [0, 0.05) is 0 Å². The van der Waals surface area contributed by atoms with E-state index in [9.17, 15) is 79.0 Å². The van der Waals surface area contributed by atoms with Crippen molar-refractivity contribution in [2.24, 2.45) is 120 Å². The van der Waals surface area contributed by atoms with Gasteiger partial charge in [-0.25, -0.2) is 0 Å². The van der Waals surface area contributed by atoms with Crippen LogP contribution in [0.25, 0.3) is 0 Å². The van der Waals surface area contributed by atoms with Crippen LogP contribution in [0.5, 0.6) is 0 Å². The molecule has 0 radical (unpaired) electrons. The van der Waals surface area contributed by atoms with E-state index in [0.717, 1.165) is 63.2 Å². The number of hydrogen-bond acceptors (Lipinski definition) is 0. The molecule has 0 aromatic rings. The van der Waals surface area contributed by atoms with Gasteiger partial charge in [0.1, 0.15) is 0 Å². The van der Waals surface area contributed by atoms with Gasteiger partial charge in [-0.15, -0.1) is 0 Å². The summed E-state index contributed by atoms with van der Waals surface area (Å²) in [6.45, 7) is 67.0. The zero-order chi connectivity index (χ0) is 75.0. The molecule has 0 saturated heterocycles. The molecule has 4 rings (SSSR count). The molecule has 0 amide bonds. The fraction of sp³-hybridized carbons (Fsp3) is 1.00. The fourth-order valence-electron chi connectivity index (χ4n) is 12.0. The molecule has 0 spiro atoms. The SMILES string of the molecule is CC(C)(C)C(C)(C)C(C)(C)C.CC(C)C(C)(C)C(C)(C)C.CC(C)[C@@H](C)C(C)(C)C.CC1CCC(C(F)(F)F)CC1.CC1CCCC(C(F)(F)F)[C@@H]1C.C[C@@H]1CCCC(C(F)(F)F)C1.C[C@@H]1CCCCC1(C(F)(F)F)C(F)(F)F.C[C@H](C(C)(C)C)C(C)(C)C(F)(F)F. The molecule has 0 aromatic carbocycles. The summed E-state index contributed by atoms with van der Waals surface area (Å²) in [4.78, 5) is 0. The molecular weight excluding hydrogens is 1230 g/mol. The van der Waals surface area contributed by atoms with Crippen molar-refractivity contribution in [1.29, 1.82) is 0 Å². The monoisotopic (exact) mass is 1370 g/mol. The van der Waals surface area contributed by atoms with Crippen LogP contribution in [0.1, 0.15) is 318 Å². The molecule has 560 valence electrons. The molecule has 4 aliphatic rings. The molecular formula is C74H138F18. The van der Waals surface area contributed by atoms with Crippen molar-refractivity contribution >= 4 is 0 Å². The first-order valence-electron chi connectivity index (χ1n) is 34.4. The van der Waals surface area contributed by atoms with Gasteiger partial charge in [-0.1, -0.05) is 273 Å². The lowest BCUT2D eigenvalue weighted by atomic mass is 9.56. The summed E-state index contributed by atoms with van der Waals surface area (Å²) in [5.74, 6) is -1.71. The van der Waals surface area contributed by atoms with Crippen molar-refractivity contribution < 1.29 is 79.0 Å². The molecule has 0 bridgehead atoms. The Morgan fingerprint density at radius 3 is 0.946 bits per heavy atom. The average Bonchev–Trinajstić information content (AvgIpc) is 0.743. The van der Waals surface area contributed by atoms with E-state index in [1.165, 1.54) is 13.8 Å². The maximum absolute atomic E-state index is 12.6. The van der Waals surface area contributed by atoms with E-state index in [1.807, 2.05) is 41.5 Å². The first kappa shape index (κ1) is 97.1. The molecule has 3 unspecified atom stereocenters. The first-order valence-corrected chi connectivity index (χ1v) is 34.4. The Morgan fingerprint density at radius 2 is 0.750 bits per heavy atom. The summed E-state index contributed by atoms with van der Waals surface area (Å²) >= 11 is 0. The lowest BCUT2D eigenvalue weighted by Gasteiger charge is -2.49. The summed E-state index contributed by atoms with van der Waals surface area (Å²) in [5, 5.41) is 0. The summed E-state index contributed by atoms with van der Waals surface area (Å²) in [6, 6.07) is 0. The van der Waals surface area contributed by atoms with E-state index in [4.69, 9.17) is 0 Å². The third-order valence-electron chi connectivity index (χ3n) is 23.9. The Hall–Kier alpha value is -1.26. The predicted octanol–water partition coefficient (Wildman–Crippen LogP) is 30.1. The molecule has 92 heavy (non-hydrogen) atoms. The standard InChI is InChI=1S/C11H24.C10H19F3.C10H22.C9H12F6.C9H15F3.C9H20.2C8H13F3/c1-9(2,3)11(7,8)10(4,5)6;1-7(8(2,3)4)9(5,6)10(11,12)13;1-8(2)10(6,7)9(3,4)5;1-6-4-2-3-5-7(6,8(10,11)12)9(13,14)15;1-6-4-3-5-8(7(6)2)9(10,11)12;1-7(2)8(3)9(4,5)6;1-6-2-4-7(5-3-6)8(9,10)11;1-6-3-2-4-7(5-6)8(9,10)11/h1-8H3;7H,1-6H3;8H,1-7H3;6H,2-5H2,1H3;6-8H,3-5H2,1-2H3;7-8H,1-6H3;2*6-7H,2-5H2,1H3/t;7-;;6-;6?,7-,8?;8-;;6-,7?/m.1.111.1/s1. The van der Waals surface area contributed by atoms with Crippen LogP contribution in [-0.4, -0.2) is 37.1 Å². The van der Waals surface area contributed by atoms with Gasteiger partial charge in [0.2, 0.25) is 0 Å². The fourth-order valence-corrected chi connectivity index (χ4v) is 12.0. The van der Waals surface area contributed by atoms with E-state index in [1.54, 1.807) is 13.8 Å². The Labute approximate surface area is 551 Å². The Morgan fingerprint density at radius 1 is 0.359 bits per heavy atom. The number of halogens is 18. The second kappa shape index (κ2) is 36.2. The lowest BCUT2D eigenvalue weighted by Crippen LogP contribution is -2.55. The van der Waals surface area contributed by atoms with Gasteiger partial charge in [0.25, 0.3) is 0 Å². The molecule has 0 aliphatic heterocycles. The lowest BCUT2D eigenvalue weighted by molar-refractivity contribution is -0.364. The molecule has 4 aliphatic carbocycles. The Kier molecular flexibility index (Phi) is 38.2. The van der Waals surface area contributed by atoms with Gasteiger partial charge >= 0.3 is 37.1 Å². The summed E-state index contributed by atoms with van der Waals surface area (Å²) < 4.78 is 223.